The van der Waals surface area contributed by atoms with E-state index in [1.807, 2.05) is 6.07 Å². The van der Waals surface area contributed by atoms with Crippen LogP contribution >= 0.6 is 15.9 Å². The molecule has 0 saturated carbocycles. The molecule has 98 valence electrons. The predicted molar refractivity (Wildman–Crippen MR) is 75.1 cm³/mol. The molecule has 0 radical (unpaired) electrons. The highest BCUT2D eigenvalue weighted by molar-refractivity contribution is 9.10. The number of rotatable bonds is 4. The SMILES string of the molecule is COc1ccc(Br)c(CC(=O)c2cccc(F)c2)c1. The Morgan fingerprint density at radius 2 is 2.05 bits per heavy atom. The summed E-state index contributed by atoms with van der Waals surface area (Å²) in [6, 6.07) is 11.1. The number of benzene rings is 2. The summed E-state index contributed by atoms with van der Waals surface area (Å²) in [5.74, 6) is 0.147. The maximum Gasteiger partial charge on any atom is 0.167 e. The first-order chi connectivity index (χ1) is 9.10. The molecule has 0 bridgehead atoms. The lowest BCUT2D eigenvalue weighted by Gasteiger charge is -2.07. The molecule has 0 aliphatic carbocycles. The fourth-order valence-corrected chi connectivity index (χ4v) is 2.14. The summed E-state index contributed by atoms with van der Waals surface area (Å²) >= 11 is 3.39. The van der Waals surface area contributed by atoms with Crippen LogP contribution in [0.15, 0.2) is 46.9 Å². The summed E-state index contributed by atoms with van der Waals surface area (Å²) in [5, 5.41) is 0. The lowest BCUT2D eigenvalue weighted by molar-refractivity contribution is 0.0992. The minimum absolute atomic E-state index is 0.131. The van der Waals surface area contributed by atoms with Crippen molar-refractivity contribution in [1.29, 1.82) is 0 Å². The number of hydrogen-bond donors (Lipinski definition) is 0. The van der Waals surface area contributed by atoms with Crippen LogP contribution in [0.25, 0.3) is 0 Å². The highest BCUT2D eigenvalue weighted by Gasteiger charge is 2.11. The van der Waals surface area contributed by atoms with Crippen molar-refractivity contribution >= 4 is 21.7 Å². The fourth-order valence-electron chi connectivity index (χ4n) is 1.75. The predicted octanol–water partition coefficient (Wildman–Crippen LogP) is 4.02. The molecule has 0 fully saturated rings. The van der Waals surface area contributed by atoms with Crippen molar-refractivity contribution in [3.8, 4) is 5.75 Å². The highest BCUT2D eigenvalue weighted by Crippen LogP contribution is 2.24. The van der Waals surface area contributed by atoms with Gasteiger partial charge in [0.15, 0.2) is 5.78 Å². The number of hydrogen-bond acceptors (Lipinski definition) is 2. The van der Waals surface area contributed by atoms with Gasteiger partial charge in [-0.2, -0.15) is 0 Å². The minimum Gasteiger partial charge on any atom is -0.497 e. The lowest BCUT2D eigenvalue weighted by Crippen LogP contribution is -2.04. The average Bonchev–Trinajstić information content (AvgIpc) is 2.41. The quantitative estimate of drug-likeness (QED) is 0.795. The number of carbonyl (C=O) groups excluding carboxylic acids is 1. The monoisotopic (exact) mass is 322 g/mol. The van der Waals surface area contributed by atoms with Gasteiger partial charge in [0.05, 0.1) is 7.11 Å². The summed E-state index contributed by atoms with van der Waals surface area (Å²) in [6.45, 7) is 0. The van der Waals surface area contributed by atoms with Gasteiger partial charge in [0.25, 0.3) is 0 Å². The van der Waals surface area contributed by atoms with Crippen molar-refractivity contribution in [1.82, 2.24) is 0 Å². The van der Waals surface area contributed by atoms with Gasteiger partial charge >= 0.3 is 0 Å². The summed E-state index contributed by atoms with van der Waals surface area (Å²) in [5.41, 5.74) is 1.18. The molecule has 0 aliphatic rings. The topological polar surface area (TPSA) is 26.3 Å². The van der Waals surface area contributed by atoms with E-state index in [4.69, 9.17) is 4.74 Å². The van der Waals surface area contributed by atoms with E-state index in [1.165, 1.54) is 18.2 Å². The summed E-state index contributed by atoms with van der Waals surface area (Å²) in [7, 11) is 1.57. The van der Waals surface area contributed by atoms with Gasteiger partial charge in [0.1, 0.15) is 11.6 Å². The van der Waals surface area contributed by atoms with Crippen molar-refractivity contribution in [2.45, 2.75) is 6.42 Å². The normalized spacial score (nSPS) is 10.3. The lowest BCUT2D eigenvalue weighted by atomic mass is 10.0. The second kappa shape index (κ2) is 5.97. The molecule has 0 amide bonds. The van der Waals surface area contributed by atoms with Crippen LogP contribution in [-0.4, -0.2) is 12.9 Å². The Morgan fingerprint density at radius 1 is 1.26 bits per heavy atom. The van der Waals surface area contributed by atoms with E-state index in [0.717, 1.165) is 10.0 Å². The maximum atomic E-state index is 13.1. The molecule has 0 spiro atoms. The zero-order valence-electron chi connectivity index (χ0n) is 10.3. The van der Waals surface area contributed by atoms with Gasteiger partial charge in [-0.3, -0.25) is 4.79 Å². The van der Waals surface area contributed by atoms with E-state index >= 15 is 0 Å². The van der Waals surface area contributed by atoms with E-state index in [2.05, 4.69) is 15.9 Å². The third kappa shape index (κ3) is 3.41. The molecule has 2 rings (SSSR count). The largest absolute Gasteiger partial charge is 0.497 e. The number of methoxy groups -OCH3 is 1. The highest BCUT2D eigenvalue weighted by atomic mass is 79.9. The number of ether oxygens (including phenoxy) is 1. The van der Waals surface area contributed by atoms with Gasteiger partial charge in [-0.05, 0) is 35.9 Å². The van der Waals surface area contributed by atoms with E-state index in [9.17, 15) is 9.18 Å². The van der Waals surface area contributed by atoms with Gasteiger partial charge in [0, 0.05) is 16.5 Å². The molecule has 2 aromatic carbocycles. The van der Waals surface area contributed by atoms with Crippen LogP contribution in [0.2, 0.25) is 0 Å². The molecular formula is C15H12BrFO2. The van der Waals surface area contributed by atoms with E-state index in [1.54, 1.807) is 25.3 Å². The van der Waals surface area contributed by atoms with Gasteiger partial charge in [-0.1, -0.05) is 28.1 Å². The van der Waals surface area contributed by atoms with Crippen molar-refractivity contribution in [2.75, 3.05) is 7.11 Å². The van der Waals surface area contributed by atoms with Crippen LogP contribution in [0.5, 0.6) is 5.75 Å². The first-order valence-corrected chi connectivity index (χ1v) is 6.50. The first kappa shape index (κ1) is 13.7. The number of Topliss-reactive ketones (excluding diaryl/α,β-unsaturated/α-hetero) is 1. The van der Waals surface area contributed by atoms with Crippen molar-refractivity contribution in [3.05, 3.63) is 63.9 Å². The summed E-state index contributed by atoms with van der Waals surface area (Å²) in [6.07, 6.45) is 0.196. The molecule has 2 aromatic rings. The molecule has 0 N–H and O–H groups in total. The van der Waals surface area contributed by atoms with Crippen molar-refractivity contribution < 1.29 is 13.9 Å². The van der Waals surface area contributed by atoms with E-state index < -0.39 is 5.82 Å². The second-order valence-electron chi connectivity index (χ2n) is 4.07. The number of halogens is 2. The Bertz CT molecular complexity index is 611. The van der Waals surface area contributed by atoms with Crippen molar-refractivity contribution in [3.63, 3.8) is 0 Å². The third-order valence-electron chi connectivity index (χ3n) is 2.75. The van der Waals surface area contributed by atoms with E-state index in [-0.39, 0.29) is 12.2 Å². The van der Waals surface area contributed by atoms with Crippen LogP contribution < -0.4 is 4.74 Å². The Kier molecular flexibility index (Phi) is 4.32. The fraction of sp³-hybridized carbons (Fsp3) is 0.133. The smallest absolute Gasteiger partial charge is 0.167 e. The van der Waals surface area contributed by atoms with Crippen LogP contribution in [0.1, 0.15) is 15.9 Å². The van der Waals surface area contributed by atoms with Crippen LogP contribution in [0, 0.1) is 5.82 Å². The molecule has 2 nitrogen and oxygen atoms in total. The Balaban J connectivity index is 2.23. The molecule has 0 atom stereocenters. The van der Waals surface area contributed by atoms with Gasteiger partial charge in [-0.25, -0.2) is 4.39 Å². The molecule has 0 aliphatic heterocycles. The molecular weight excluding hydrogens is 311 g/mol. The Labute approximate surface area is 119 Å². The molecule has 0 aromatic heterocycles. The minimum atomic E-state index is -0.407. The molecule has 0 unspecified atom stereocenters. The molecule has 19 heavy (non-hydrogen) atoms. The van der Waals surface area contributed by atoms with Crippen molar-refractivity contribution in [2.24, 2.45) is 0 Å². The van der Waals surface area contributed by atoms with Crippen LogP contribution in [-0.2, 0) is 6.42 Å². The summed E-state index contributed by atoms with van der Waals surface area (Å²) < 4.78 is 19.0. The van der Waals surface area contributed by atoms with Gasteiger partial charge in [0.2, 0.25) is 0 Å². The standard InChI is InChI=1S/C15H12BrFO2/c1-19-13-5-6-14(16)11(8-13)9-15(18)10-3-2-4-12(17)7-10/h2-8H,9H2,1H3. The third-order valence-corrected chi connectivity index (χ3v) is 3.52. The summed E-state index contributed by atoms with van der Waals surface area (Å²) in [4.78, 5) is 12.1. The zero-order valence-corrected chi connectivity index (χ0v) is 11.9. The van der Waals surface area contributed by atoms with Gasteiger partial charge in [-0.15, -0.1) is 0 Å². The number of ketones is 1. The maximum absolute atomic E-state index is 13.1. The second-order valence-corrected chi connectivity index (χ2v) is 4.92. The van der Waals surface area contributed by atoms with Crippen LogP contribution in [0.4, 0.5) is 4.39 Å². The Morgan fingerprint density at radius 3 is 2.74 bits per heavy atom. The molecule has 0 heterocycles. The first-order valence-electron chi connectivity index (χ1n) is 5.71. The molecule has 4 heteroatoms. The zero-order chi connectivity index (χ0) is 13.8. The number of carbonyl (C=O) groups is 1. The molecule has 0 saturated heterocycles. The van der Waals surface area contributed by atoms with E-state index in [0.29, 0.717) is 11.3 Å². The van der Waals surface area contributed by atoms with Gasteiger partial charge < -0.3 is 4.74 Å². The average molecular weight is 323 g/mol. The van der Waals surface area contributed by atoms with Crippen LogP contribution in [0.3, 0.4) is 0 Å². The Hall–Kier alpha value is -1.68.